The van der Waals surface area contributed by atoms with Crippen molar-refractivity contribution < 1.29 is 9.53 Å². The second kappa shape index (κ2) is 8.01. The summed E-state index contributed by atoms with van der Waals surface area (Å²) in [6, 6.07) is 13.0. The van der Waals surface area contributed by atoms with Gasteiger partial charge in [-0.1, -0.05) is 24.3 Å². The standard InChI is InChI=1S/C18H20N4O3S/c1-13(25-14-7-4-3-5-8-14)17(23)19-10-11-22-18(24)21(2)16(20-22)15-9-6-12-26-15/h3-9,12-13H,10-11H2,1-2H3,(H,19,23). The van der Waals surface area contributed by atoms with Crippen molar-refractivity contribution in [1.82, 2.24) is 19.7 Å². The largest absolute Gasteiger partial charge is 0.481 e. The summed E-state index contributed by atoms with van der Waals surface area (Å²) in [4.78, 5) is 25.3. The Morgan fingerprint density at radius 1 is 1.27 bits per heavy atom. The van der Waals surface area contributed by atoms with Crippen LogP contribution in [0, 0.1) is 0 Å². The van der Waals surface area contributed by atoms with Gasteiger partial charge in [0.15, 0.2) is 11.9 Å². The van der Waals surface area contributed by atoms with Crippen LogP contribution in [0.1, 0.15) is 6.92 Å². The van der Waals surface area contributed by atoms with Crippen LogP contribution in [-0.4, -0.2) is 32.9 Å². The smallest absolute Gasteiger partial charge is 0.346 e. The minimum absolute atomic E-state index is 0.212. The molecule has 0 radical (unpaired) electrons. The summed E-state index contributed by atoms with van der Waals surface area (Å²) in [5.74, 6) is 1.02. The molecular formula is C18H20N4O3S. The van der Waals surface area contributed by atoms with E-state index in [9.17, 15) is 9.59 Å². The van der Waals surface area contributed by atoms with E-state index in [1.54, 1.807) is 26.1 Å². The summed E-state index contributed by atoms with van der Waals surface area (Å²) in [5, 5.41) is 9.07. The number of aromatic nitrogens is 3. The Hall–Kier alpha value is -2.87. The Morgan fingerprint density at radius 3 is 2.73 bits per heavy atom. The minimum atomic E-state index is -0.625. The quantitative estimate of drug-likeness (QED) is 0.687. The molecule has 8 heteroatoms. The summed E-state index contributed by atoms with van der Waals surface area (Å²) < 4.78 is 8.44. The Kier molecular flexibility index (Phi) is 5.52. The third kappa shape index (κ3) is 4.02. The van der Waals surface area contributed by atoms with Crippen LogP contribution in [-0.2, 0) is 18.4 Å². The lowest BCUT2D eigenvalue weighted by molar-refractivity contribution is -0.127. The zero-order chi connectivity index (χ0) is 18.5. The van der Waals surface area contributed by atoms with Crippen LogP contribution < -0.4 is 15.7 Å². The van der Waals surface area contributed by atoms with Crippen LogP contribution in [0.25, 0.3) is 10.7 Å². The van der Waals surface area contributed by atoms with Gasteiger partial charge in [-0.25, -0.2) is 9.48 Å². The Balaban J connectivity index is 1.56. The number of amides is 1. The second-order valence-electron chi connectivity index (χ2n) is 5.73. The monoisotopic (exact) mass is 372 g/mol. The van der Waals surface area contributed by atoms with Crippen molar-refractivity contribution in [2.45, 2.75) is 19.6 Å². The van der Waals surface area contributed by atoms with Crippen molar-refractivity contribution in [3.05, 3.63) is 58.3 Å². The third-order valence-electron chi connectivity index (χ3n) is 3.83. The fourth-order valence-corrected chi connectivity index (χ4v) is 3.18. The molecule has 1 N–H and O–H groups in total. The van der Waals surface area contributed by atoms with Gasteiger partial charge in [0.05, 0.1) is 11.4 Å². The molecule has 3 aromatic rings. The Morgan fingerprint density at radius 2 is 2.04 bits per heavy atom. The van der Waals surface area contributed by atoms with E-state index in [4.69, 9.17) is 4.74 Å². The van der Waals surface area contributed by atoms with E-state index >= 15 is 0 Å². The van der Waals surface area contributed by atoms with Crippen molar-refractivity contribution in [2.75, 3.05) is 6.54 Å². The minimum Gasteiger partial charge on any atom is -0.481 e. The van der Waals surface area contributed by atoms with Crippen molar-refractivity contribution in [1.29, 1.82) is 0 Å². The summed E-state index contributed by atoms with van der Waals surface area (Å²) >= 11 is 1.52. The Bertz CT molecular complexity index is 916. The molecule has 26 heavy (non-hydrogen) atoms. The number of carbonyl (C=O) groups is 1. The van der Waals surface area contributed by atoms with E-state index < -0.39 is 6.10 Å². The maximum atomic E-state index is 12.3. The SMILES string of the molecule is CC(Oc1ccccc1)C(=O)NCCn1nc(-c2cccs2)n(C)c1=O. The number of nitrogens with zero attached hydrogens (tertiary/aromatic N) is 3. The third-order valence-corrected chi connectivity index (χ3v) is 4.70. The van der Waals surface area contributed by atoms with E-state index in [0.717, 1.165) is 4.88 Å². The molecule has 0 aliphatic carbocycles. The fraction of sp³-hybridized carbons (Fsp3) is 0.278. The van der Waals surface area contributed by atoms with E-state index in [-0.39, 0.29) is 11.6 Å². The number of ether oxygens (including phenoxy) is 1. The molecule has 1 amide bonds. The molecule has 0 aliphatic heterocycles. The van der Waals surface area contributed by atoms with Gasteiger partial charge in [-0.05, 0) is 30.5 Å². The molecule has 0 fully saturated rings. The molecule has 0 bridgehead atoms. The molecule has 1 atom stereocenters. The predicted octanol–water partition coefficient (Wildman–Crippen LogP) is 1.89. The number of rotatable bonds is 7. The van der Waals surface area contributed by atoms with Gasteiger partial charge in [0, 0.05) is 13.6 Å². The molecule has 0 saturated heterocycles. The van der Waals surface area contributed by atoms with Crippen molar-refractivity contribution >= 4 is 17.2 Å². The zero-order valence-corrected chi connectivity index (χ0v) is 15.4. The van der Waals surface area contributed by atoms with Crippen LogP contribution in [0.4, 0.5) is 0 Å². The first kappa shape index (κ1) is 17.9. The zero-order valence-electron chi connectivity index (χ0n) is 14.6. The molecule has 7 nitrogen and oxygen atoms in total. The van der Waals surface area contributed by atoms with E-state index in [1.165, 1.54) is 20.6 Å². The highest BCUT2D eigenvalue weighted by Crippen LogP contribution is 2.20. The molecule has 2 heterocycles. The first-order valence-electron chi connectivity index (χ1n) is 8.23. The number of para-hydroxylation sites is 1. The highest BCUT2D eigenvalue weighted by Gasteiger charge is 2.16. The average Bonchev–Trinajstić information content (AvgIpc) is 3.26. The highest BCUT2D eigenvalue weighted by atomic mass is 32.1. The molecule has 1 aromatic carbocycles. The van der Waals surface area contributed by atoms with Crippen LogP contribution in [0.3, 0.4) is 0 Å². The first-order valence-corrected chi connectivity index (χ1v) is 9.11. The summed E-state index contributed by atoms with van der Waals surface area (Å²) in [5.41, 5.74) is -0.212. The fourth-order valence-electron chi connectivity index (χ4n) is 2.44. The lowest BCUT2D eigenvalue weighted by Gasteiger charge is -2.14. The number of nitrogens with one attached hydrogen (secondary N) is 1. The molecule has 0 spiro atoms. The molecule has 1 unspecified atom stereocenters. The summed E-state index contributed by atoms with van der Waals surface area (Å²) in [6.45, 7) is 2.27. The molecule has 2 aromatic heterocycles. The van der Waals surface area contributed by atoms with Gasteiger partial charge in [0.2, 0.25) is 0 Å². The predicted molar refractivity (Wildman–Crippen MR) is 100 cm³/mol. The van der Waals surface area contributed by atoms with E-state index in [2.05, 4.69) is 10.4 Å². The topological polar surface area (TPSA) is 78.2 Å². The first-order chi connectivity index (χ1) is 12.6. The van der Waals surface area contributed by atoms with Gasteiger partial charge in [-0.15, -0.1) is 16.4 Å². The van der Waals surface area contributed by atoms with Gasteiger partial charge in [-0.3, -0.25) is 9.36 Å². The highest BCUT2D eigenvalue weighted by molar-refractivity contribution is 7.13. The number of thiophene rings is 1. The van der Waals surface area contributed by atoms with Crippen LogP contribution in [0.2, 0.25) is 0 Å². The Labute approximate surface area is 154 Å². The van der Waals surface area contributed by atoms with Crippen molar-refractivity contribution in [3.8, 4) is 16.5 Å². The number of carbonyl (C=O) groups excluding carboxylic acids is 1. The number of hydrogen-bond donors (Lipinski definition) is 1. The number of hydrogen-bond acceptors (Lipinski definition) is 5. The van der Waals surface area contributed by atoms with Crippen molar-refractivity contribution in [3.63, 3.8) is 0 Å². The van der Waals surface area contributed by atoms with Gasteiger partial charge in [0.25, 0.3) is 5.91 Å². The van der Waals surface area contributed by atoms with Crippen LogP contribution in [0.15, 0.2) is 52.6 Å². The average molecular weight is 372 g/mol. The van der Waals surface area contributed by atoms with Crippen molar-refractivity contribution in [2.24, 2.45) is 7.05 Å². The normalized spacial score (nSPS) is 11.9. The lowest BCUT2D eigenvalue weighted by Crippen LogP contribution is -2.39. The summed E-state index contributed by atoms with van der Waals surface area (Å²) in [6.07, 6.45) is -0.625. The van der Waals surface area contributed by atoms with Gasteiger partial charge >= 0.3 is 5.69 Å². The maximum absolute atomic E-state index is 12.3. The van der Waals surface area contributed by atoms with Crippen LogP contribution in [0.5, 0.6) is 5.75 Å². The molecule has 136 valence electrons. The molecule has 0 aliphatic rings. The molecule has 3 rings (SSSR count). The van der Waals surface area contributed by atoms with Gasteiger partial charge in [0.1, 0.15) is 5.75 Å². The van der Waals surface area contributed by atoms with Crippen LogP contribution >= 0.6 is 11.3 Å². The lowest BCUT2D eigenvalue weighted by atomic mass is 10.3. The van der Waals surface area contributed by atoms with Gasteiger partial charge < -0.3 is 10.1 Å². The summed E-state index contributed by atoms with van der Waals surface area (Å²) in [7, 11) is 1.69. The maximum Gasteiger partial charge on any atom is 0.346 e. The molecule has 0 saturated carbocycles. The van der Waals surface area contributed by atoms with Gasteiger partial charge in [-0.2, -0.15) is 0 Å². The van der Waals surface area contributed by atoms with E-state index in [0.29, 0.717) is 24.7 Å². The van der Waals surface area contributed by atoms with E-state index in [1.807, 2.05) is 35.7 Å². The molecular weight excluding hydrogens is 352 g/mol. The number of benzene rings is 1. The second-order valence-corrected chi connectivity index (χ2v) is 6.68.